The van der Waals surface area contributed by atoms with Gasteiger partial charge in [-0.3, -0.25) is 0 Å². The zero-order chi connectivity index (χ0) is 6.97. The van der Waals surface area contributed by atoms with Gasteiger partial charge in [-0.25, -0.2) is 0 Å². The van der Waals surface area contributed by atoms with Crippen LogP contribution in [0.3, 0.4) is 0 Å². The molecule has 2 aliphatic rings. The van der Waals surface area contributed by atoms with Crippen molar-refractivity contribution < 1.29 is 0 Å². The van der Waals surface area contributed by atoms with E-state index in [0.717, 1.165) is 12.0 Å². The van der Waals surface area contributed by atoms with E-state index in [1.807, 2.05) is 0 Å². The minimum Gasteiger partial charge on any atom is -0.386 e. The molecular formula is C9H15N. The summed E-state index contributed by atoms with van der Waals surface area (Å²) in [4.78, 5) is 0. The highest BCUT2D eigenvalue weighted by Crippen LogP contribution is 2.40. The molecule has 2 fully saturated rings. The molecule has 1 aliphatic heterocycles. The van der Waals surface area contributed by atoms with Crippen LogP contribution in [0.2, 0.25) is 0 Å². The fourth-order valence-corrected chi connectivity index (χ4v) is 1.80. The minimum atomic E-state index is 0.867. The molecule has 0 aromatic heterocycles. The van der Waals surface area contributed by atoms with Crippen molar-refractivity contribution in [2.45, 2.75) is 38.6 Å². The molecule has 0 bridgehead atoms. The molecule has 2 unspecified atom stereocenters. The van der Waals surface area contributed by atoms with E-state index in [1.165, 1.54) is 31.4 Å². The molecule has 0 spiro atoms. The first-order valence-electron chi connectivity index (χ1n) is 4.35. The van der Waals surface area contributed by atoms with E-state index in [0.29, 0.717) is 0 Å². The quantitative estimate of drug-likeness (QED) is 0.583. The Kier molecular flexibility index (Phi) is 1.44. The van der Waals surface area contributed by atoms with E-state index in [4.69, 9.17) is 0 Å². The minimum absolute atomic E-state index is 0.867. The molecule has 1 heterocycles. The number of nitrogens with one attached hydrogen (secondary N) is 1. The van der Waals surface area contributed by atoms with Gasteiger partial charge < -0.3 is 5.32 Å². The molecule has 1 saturated carbocycles. The summed E-state index contributed by atoms with van der Waals surface area (Å²) in [6.07, 6.45) is 7.67. The lowest BCUT2D eigenvalue weighted by Gasteiger charge is -2.15. The summed E-state index contributed by atoms with van der Waals surface area (Å²) in [7, 11) is 0. The number of allylic oxidation sites excluding steroid dienone is 2. The van der Waals surface area contributed by atoms with Crippen molar-refractivity contribution in [1.29, 1.82) is 0 Å². The van der Waals surface area contributed by atoms with Gasteiger partial charge in [-0.1, -0.05) is 13.0 Å². The Morgan fingerprint density at radius 2 is 2.60 bits per heavy atom. The molecule has 1 aliphatic carbocycles. The molecule has 10 heavy (non-hydrogen) atoms. The van der Waals surface area contributed by atoms with Crippen LogP contribution in [-0.4, -0.2) is 6.04 Å². The fourth-order valence-electron chi connectivity index (χ4n) is 1.80. The Hall–Kier alpha value is -0.460. The number of fused-ring (bicyclic) bond motifs is 1. The third kappa shape index (κ3) is 1.05. The highest BCUT2D eigenvalue weighted by molar-refractivity contribution is 5.12. The largest absolute Gasteiger partial charge is 0.386 e. The van der Waals surface area contributed by atoms with Crippen molar-refractivity contribution in [1.82, 2.24) is 5.32 Å². The van der Waals surface area contributed by atoms with Crippen LogP contribution >= 0.6 is 0 Å². The second kappa shape index (κ2) is 2.30. The van der Waals surface area contributed by atoms with Crippen LogP contribution in [0.25, 0.3) is 0 Å². The van der Waals surface area contributed by atoms with E-state index in [2.05, 4.69) is 18.3 Å². The lowest BCUT2D eigenvalue weighted by atomic mass is 10.1. The van der Waals surface area contributed by atoms with E-state index in [-0.39, 0.29) is 0 Å². The van der Waals surface area contributed by atoms with Gasteiger partial charge in [0.1, 0.15) is 0 Å². The number of hydrogen-bond donors (Lipinski definition) is 1. The molecule has 56 valence electrons. The summed E-state index contributed by atoms with van der Waals surface area (Å²) < 4.78 is 0. The van der Waals surface area contributed by atoms with Crippen LogP contribution in [0.4, 0.5) is 0 Å². The van der Waals surface area contributed by atoms with E-state index in [1.54, 1.807) is 0 Å². The summed E-state index contributed by atoms with van der Waals surface area (Å²) in [5.74, 6) is 1.04. The monoisotopic (exact) mass is 137 g/mol. The Bertz CT molecular complexity index is 160. The summed E-state index contributed by atoms with van der Waals surface area (Å²) in [5, 5.41) is 3.55. The summed E-state index contributed by atoms with van der Waals surface area (Å²) >= 11 is 0. The van der Waals surface area contributed by atoms with Gasteiger partial charge in [0.25, 0.3) is 0 Å². The van der Waals surface area contributed by atoms with Crippen LogP contribution in [0.15, 0.2) is 11.8 Å². The van der Waals surface area contributed by atoms with Crippen LogP contribution in [0, 0.1) is 5.92 Å². The first kappa shape index (κ1) is 6.26. The highest BCUT2D eigenvalue weighted by atomic mass is 15.0. The molecule has 0 aromatic rings. The van der Waals surface area contributed by atoms with Gasteiger partial charge in [0.15, 0.2) is 0 Å². The van der Waals surface area contributed by atoms with Crippen LogP contribution < -0.4 is 5.32 Å². The van der Waals surface area contributed by atoms with Crippen molar-refractivity contribution in [3.05, 3.63) is 11.8 Å². The SMILES string of the molecule is CC/C=C1/CCC2CC2N1. The van der Waals surface area contributed by atoms with Crippen LogP contribution in [0.1, 0.15) is 32.6 Å². The third-order valence-electron chi connectivity index (χ3n) is 2.53. The standard InChI is InChI=1S/C9H15N/c1-2-3-8-5-4-7-6-9(7)10-8/h3,7,9-10H,2,4-6H2,1H3/b8-3-. The summed E-state index contributed by atoms with van der Waals surface area (Å²) in [5.41, 5.74) is 1.50. The van der Waals surface area contributed by atoms with Crippen molar-refractivity contribution >= 4 is 0 Å². The lowest BCUT2D eigenvalue weighted by molar-refractivity contribution is 0.566. The van der Waals surface area contributed by atoms with Crippen LogP contribution in [0.5, 0.6) is 0 Å². The first-order valence-corrected chi connectivity index (χ1v) is 4.35. The van der Waals surface area contributed by atoms with E-state index in [9.17, 15) is 0 Å². The zero-order valence-electron chi connectivity index (χ0n) is 6.56. The molecular weight excluding hydrogens is 122 g/mol. The Balaban J connectivity index is 1.93. The maximum atomic E-state index is 3.55. The Morgan fingerprint density at radius 1 is 1.70 bits per heavy atom. The zero-order valence-corrected chi connectivity index (χ0v) is 6.56. The molecule has 0 radical (unpaired) electrons. The number of rotatable bonds is 1. The molecule has 0 aromatic carbocycles. The van der Waals surface area contributed by atoms with Gasteiger partial charge in [0, 0.05) is 11.7 Å². The normalized spacial score (nSPS) is 40.7. The topological polar surface area (TPSA) is 12.0 Å². The van der Waals surface area contributed by atoms with Gasteiger partial charge in [0.05, 0.1) is 0 Å². The van der Waals surface area contributed by atoms with Crippen molar-refractivity contribution in [2.24, 2.45) is 5.92 Å². The predicted molar refractivity (Wildman–Crippen MR) is 42.6 cm³/mol. The molecule has 1 saturated heterocycles. The van der Waals surface area contributed by atoms with Crippen LogP contribution in [-0.2, 0) is 0 Å². The second-order valence-electron chi connectivity index (χ2n) is 3.42. The third-order valence-corrected chi connectivity index (χ3v) is 2.53. The Morgan fingerprint density at radius 3 is 3.30 bits per heavy atom. The van der Waals surface area contributed by atoms with Gasteiger partial charge in [-0.2, -0.15) is 0 Å². The highest BCUT2D eigenvalue weighted by Gasteiger charge is 2.39. The van der Waals surface area contributed by atoms with Gasteiger partial charge in [-0.05, 0) is 31.6 Å². The summed E-state index contributed by atoms with van der Waals surface area (Å²) in [6, 6.07) is 0.867. The van der Waals surface area contributed by atoms with Gasteiger partial charge in [0.2, 0.25) is 0 Å². The second-order valence-corrected chi connectivity index (χ2v) is 3.42. The van der Waals surface area contributed by atoms with E-state index >= 15 is 0 Å². The molecule has 2 rings (SSSR count). The van der Waals surface area contributed by atoms with Crippen molar-refractivity contribution in [3.8, 4) is 0 Å². The smallest absolute Gasteiger partial charge is 0.0290 e. The number of hydrogen-bond acceptors (Lipinski definition) is 1. The van der Waals surface area contributed by atoms with Crippen molar-refractivity contribution in [2.75, 3.05) is 0 Å². The first-order chi connectivity index (χ1) is 4.90. The summed E-state index contributed by atoms with van der Waals surface area (Å²) in [6.45, 7) is 2.20. The fraction of sp³-hybridized carbons (Fsp3) is 0.778. The number of piperidine rings is 1. The average Bonchev–Trinajstić information content (AvgIpc) is 2.66. The predicted octanol–water partition coefficient (Wildman–Crippen LogP) is 2.05. The van der Waals surface area contributed by atoms with Gasteiger partial charge >= 0.3 is 0 Å². The van der Waals surface area contributed by atoms with E-state index < -0.39 is 0 Å². The molecule has 0 amide bonds. The Labute approximate surface area is 62.5 Å². The van der Waals surface area contributed by atoms with Crippen molar-refractivity contribution in [3.63, 3.8) is 0 Å². The maximum absolute atomic E-state index is 3.55. The molecule has 1 N–H and O–H groups in total. The average molecular weight is 137 g/mol. The lowest BCUT2D eigenvalue weighted by Crippen LogP contribution is -2.21. The molecule has 1 nitrogen and oxygen atoms in total. The van der Waals surface area contributed by atoms with Gasteiger partial charge in [-0.15, -0.1) is 0 Å². The molecule has 1 heteroatoms. The maximum Gasteiger partial charge on any atom is 0.0290 e. The molecule has 2 atom stereocenters.